The Labute approximate surface area is 151 Å². The first-order chi connectivity index (χ1) is 12.3. The Balaban J connectivity index is 1.83. The van der Waals surface area contributed by atoms with Gasteiger partial charge in [0.05, 0.1) is 0 Å². The summed E-state index contributed by atoms with van der Waals surface area (Å²) in [6.07, 6.45) is 0.931. The van der Waals surface area contributed by atoms with Gasteiger partial charge in [0.2, 0.25) is 5.91 Å². The van der Waals surface area contributed by atoms with Crippen molar-refractivity contribution in [3.8, 4) is 0 Å². The Morgan fingerprint density at radius 3 is 2.54 bits per heavy atom. The van der Waals surface area contributed by atoms with Crippen molar-refractivity contribution in [2.24, 2.45) is 0 Å². The average molecular weight is 352 g/mol. The Kier molecular flexibility index (Phi) is 4.75. The zero-order valence-electron chi connectivity index (χ0n) is 14.6. The minimum atomic E-state index is -1.13. The molecule has 1 atom stereocenters. The molecule has 2 aromatic rings. The maximum Gasteiger partial charge on any atom is 0.330 e. The largest absolute Gasteiger partial charge is 0.479 e. The molecule has 0 saturated heterocycles. The van der Waals surface area contributed by atoms with Gasteiger partial charge in [-0.1, -0.05) is 18.2 Å². The summed E-state index contributed by atoms with van der Waals surface area (Å²) in [4.78, 5) is 35.7. The van der Waals surface area contributed by atoms with E-state index in [9.17, 15) is 19.5 Å². The molecule has 1 unspecified atom stereocenters. The van der Waals surface area contributed by atoms with Gasteiger partial charge in [0, 0.05) is 17.7 Å². The SMILES string of the molecule is Cc1ccc(C(NC(=O)c2ccc3c(c2)CCC(=O)N3)C(=O)O)cc1C. The Hall–Kier alpha value is -3.15. The summed E-state index contributed by atoms with van der Waals surface area (Å²) in [6.45, 7) is 3.84. The number of carbonyl (C=O) groups is 3. The van der Waals surface area contributed by atoms with E-state index in [2.05, 4.69) is 10.6 Å². The number of aliphatic carboxylic acids is 1. The Morgan fingerprint density at radius 2 is 1.85 bits per heavy atom. The number of rotatable bonds is 4. The molecular formula is C20H20N2O4. The lowest BCUT2D eigenvalue weighted by Gasteiger charge is -2.19. The monoisotopic (exact) mass is 352 g/mol. The topological polar surface area (TPSA) is 95.5 Å². The number of benzene rings is 2. The van der Waals surface area contributed by atoms with Crippen molar-refractivity contribution in [3.05, 3.63) is 64.2 Å². The molecule has 6 nitrogen and oxygen atoms in total. The smallest absolute Gasteiger partial charge is 0.330 e. The van der Waals surface area contributed by atoms with Crippen LogP contribution in [0.5, 0.6) is 0 Å². The number of anilines is 1. The molecule has 0 aromatic heterocycles. The summed E-state index contributed by atoms with van der Waals surface area (Å²) >= 11 is 0. The summed E-state index contributed by atoms with van der Waals surface area (Å²) in [7, 11) is 0. The van der Waals surface area contributed by atoms with Gasteiger partial charge in [-0.05, 0) is 60.7 Å². The lowest BCUT2D eigenvalue weighted by Crippen LogP contribution is -2.34. The number of aryl methyl sites for hydroxylation is 3. The second kappa shape index (κ2) is 7.00. The van der Waals surface area contributed by atoms with Crippen molar-refractivity contribution in [1.29, 1.82) is 0 Å². The minimum Gasteiger partial charge on any atom is -0.479 e. The number of carboxylic acids is 1. The summed E-state index contributed by atoms with van der Waals surface area (Å²) in [5.41, 5.74) is 4.49. The minimum absolute atomic E-state index is 0.0459. The van der Waals surface area contributed by atoms with Crippen LogP contribution in [0.3, 0.4) is 0 Å². The molecule has 2 amide bonds. The van der Waals surface area contributed by atoms with E-state index >= 15 is 0 Å². The maximum absolute atomic E-state index is 12.6. The highest BCUT2D eigenvalue weighted by Gasteiger charge is 2.24. The first-order valence-corrected chi connectivity index (χ1v) is 8.39. The van der Waals surface area contributed by atoms with Crippen LogP contribution in [0, 0.1) is 13.8 Å². The highest BCUT2D eigenvalue weighted by molar-refractivity contribution is 5.99. The first kappa shape index (κ1) is 17.7. The van der Waals surface area contributed by atoms with Gasteiger partial charge < -0.3 is 15.7 Å². The molecule has 2 aromatic carbocycles. The lowest BCUT2D eigenvalue weighted by molar-refractivity contribution is -0.139. The van der Waals surface area contributed by atoms with Crippen LogP contribution in [-0.4, -0.2) is 22.9 Å². The molecule has 0 radical (unpaired) electrons. The zero-order valence-corrected chi connectivity index (χ0v) is 14.6. The molecule has 134 valence electrons. The van der Waals surface area contributed by atoms with Crippen LogP contribution in [0.2, 0.25) is 0 Å². The average Bonchev–Trinajstić information content (AvgIpc) is 2.61. The number of carbonyl (C=O) groups excluding carboxylic acids is 2. The van der Waals surface area contributed by atoms with E-state index in [4.69, 9.17) is 0 Å². The number of nitrogens with one attached hydrogen (secondary N) is 2. The van der Waals surface area contributed by atoms with Crippen LogP contribution < -0.4 is 10.6 Å². The van der Waals surface area contributed by atoms with E-state index in [0.29, 0.717) is 29.7 Å². The number of hydrogen-bond acceptors (Lipinski definition) is 3. The third-order valence-electron chi connectivity index (χ3n) is 4.65. The van der Waals surface area contributed by atoms with Crippen molar-refractivity contribution < 1.29 is 19.5 Å². The number of carboxylic acid groups (broad SMARTS) is 1. The van der Waals surface area contributed by atoms with E-state index in [1.165, 1.54) is 0 Å². The molecule has 3 N–H and O–H groups in total. The van der Waals surface area contributed by atoms with E-state index in [1.807, 2.05) is 19.9 Å². The van der Waals surface area contributed by atoms with Crippen molar-refractivity contribution in [3.63, 3.8) is 0 Å². The molecule has 1 aliphatic rings. The molecule has 1 heterocycles. The molecule has 26 heavy (non-hydrogen) atoms. The third-order valence-corrected chi connectivity index (χ3v) is 4.65. The van der Waals surface area contributed by atoms with Crippen LogP contribution in [0.4, 0.5) is 5.69 Å². The molecule has 6 heteroatoms. The molecule has 1 aliphatic heterocycles. The maximum atomic E-state index is 12.6. The molecule has 0 fully saturated rings. The van der Waals surface area contributed by atoms with E-state index < -0.39 is 17.9 Å². The number of hydrogen-bond donors (Lipinski definition) is 3. The number of amides is 2. The van der Waals surface area contributed by atoms with Crippen molar-refractivity contribution in [2.75, 3.05) is 5.32 Å². The second-order valence-electron chi connectivity index (χ2n) is 6.51. The number of fused-ring (bicyclic) bond motifs is 1. The highest BCUT2D eigenvalue weighted by atomic mass is 16.4. The molecule has 0 spiro atoms. The van der Waals surface area contributed by atoms with Crippen LogP contribution >= 0.6 is 0 Å². The normalized spacial score (nSPS) is 14.2. The van der Waals surface area contributed by atoms with Gasteiger partial charge in [0.15, 0.2) is 6.04 Å². The van der Waals surface area contributed by atoms with Gasteiger partial charge in [-0.25, -0.2) is 4.79 Å². The molecular weight excluding hydrogens is 332 g/mol. The summed E-state index contributed by atoms with van der Waals surface area (Å²) in [5, 5.41) is 14.9. The van der Waals surface area contributed by atoms with Crippen LogP contribution in [-0.2, 0) is 16.0 Å². The fourth-order valence-electron chi connectivity index (χ4n) is 2.97. The predicted octanol–water partition coefficient (Wildman–Crippen LogP) is 2.74. The highest BCUT2D eigenvalue weighted by Crippen LogP contribution is 2.24. The summed E-state index contributed by atoms with van der Waals surface area (Å²) < 4.78 is 0. The van der Waals surface area contributed by atoms with Crippen LogP contribution in [0.1, 0.15) is 45.1 Å². The lowest BCUT2D eigenvalue weighted by atomic mass is 9.99. The Morgan fingerprint density at radius 1 is 1.08 bits per heavy atom. The summed E-state index contributed by atoms with van der Waals surface area (Å²) in [6, 6.07) is 9.15. The fraction of sp³-hybridized carbons (Fsp3) is 0.250. The van der Waals surface area contributed by atoms with E-state index in [-0.39, 0.29) is 5.91 Å². The van der Waals surface area contributed by atoms with Gasteiger partial charge in [0.25, 0.3) is 5.91 Å². The molecule has 3 rings (SSSR count). The fourth-order valence-corrected chi connectivity index (χ4v) is 2.97. The predicted molar refractivity (Wildman–Crippen MR) is 97.2 cm³/mol. The van der Waals surface area contributed by atoms with Gasteiger partial charge in [-0.15, -0.1) is 0 Å². The van der Waals surface area contributed by atoms with Gasteiger partial charge in [-0.3, -0.25) is 9.59 Å². The van der Waals surface area contributed by atoms with Crippen LogP contribution in [0.15, 0.2) is 36.4 Å². The Bertz CT molecular complexity index is 905. The van der Waals surface area contributed by atoms with Crippen molar-refractivity contribution in [1.82, 2.24) is 5.32 Å². The van der Waals surface area contributed by atoms with E-state index in [1.54, 1.807) is 30.3 Å². The summed E-state index contributed by atoms with van der Waals surface area (Å²) in [5.74, 6) is -1.63. The van der Waals surface area contributed by atoms with Gasteiger partial charge >= 0.3 is 5.97 Å². The first-order valence-electron chi connectivity index (χ1n) is 8.39. The molecule has 0 bridgehead atoms. The zero-order chi connectivity index (χ0) is 18.8. The van der Waals surface area contributed by atoms with E-state index in [0.717, 1.165) is 16.7 Å². The molecule has 0 saturated carbocycles. The van der Waals surface area contributed by atoms with Gasteiger partial charge in [0.1, 0.15) is 0 Å². The molecule has 0 aliphatic carbocycles. The third kappa shape index (κ3) is 3.59. The van der Waals surface area contributed by atoms with Crippen LogP contribution in [0.25, 0.3) is 0 Å². The van der Waals surface area contributed by atoms with Crippen molar-refractivity contribution in [2.45, 2.75) is 32.7 Å². The standard InChI is InChI=1S/C20H20N2O4/c1-11-3-4-14(9-12(11)2)18(20(25)26)22-19(24)15-5-7-16-13(10-15)6-8-17(23)21-16/h3-5,7,9-10,18H,6,8H2,1-2H3,(H,21,23)(H,22,24)(H,25,26). The quantitative estimate of drug-likeness (QED) is 0.788. The van der Waals surface area contributed by atoms with Crippen molar-refractivity contribution >= 4 is 23.5 Å². The van der Waals surface area contributed by atoms with Gasteiger partial charge in [-0.2, -0.15) is 0 Å². The second-order valence-corrected chi connectivity index (χ2v) is 6.51.